The Morgan fingerprint density at radius 3 is 2.68 bits per heavy atom. The second-order valence-electron chi connectivity index (χ2n) is 7.92. The summed E-state index contributed by atoms with van der Waals surface area (Å²) in [6, 6.07) is 10.1. The Morgan fingerprint density at radius 2 is 2.00 bits per heavy atom. The van der Waals surface area contributed by atoms with E-state index >= 15 is 0 Å². The average Bonchev–Trinajstić information content (AvgIpc) is 3.02. The highest BCUT2D eigenvalue weighted by atomic mass is 32.2. The van der Waals surface area contributed by atoms with E-state index in [2.05, 4.69) is 39.8 Å². The van der Waals surface area contributed by atoms with Gasteiger partial charge in [-0.2, -0.15) is 0 Å². The third-order valence-electron chi connectivity index (χ3n) is 5.06. The molecule has 0 aliphatic carbocycles. The van der Waals surface area contributed by atoms with Crippen LogP contribution in [0.15, 0.2) is 40.3 Å². The highest BCUT2D eigenvalue weighted by Gasteiger charge is 2.28. The molecule has 0 fully saturated rings. The average molecular weight is 415 g/mol. The van der Waals surface area contributed by atoms with Crippen LogP contribution in [0.4, 0.5) is 0 Å². The second-order valence-corrected chi connectivity index (χ2v) is 10.5. The van der Waals surface area contributed by atoms with Gasteiger partial charge in [0.25, 0.3) is 5.56 Å². The normalized spacial score (nSPS) is 16.9. The number of thiophene rings is 1. The van der Waals surface area contributed by atoms with Gasteiger partial charge in [-0.15, -0.1) is 11.3 Å². The number of fused-ring (bicyclic) bond motifs is 3. The summed E-state index contributed by atoms with van der Waals surface area (Å²) in [7, 11) is 0. The van der Waals surface area contributed by atoms with Crippen LogP contribution in [-0.4, -0.2) is 20.9 Å². The molecule has 0 amide bonds. The molecule has 1 aromatic carbocycles. The van der Waals surface area contributed by atoms with E-state index in [0.717, 1.165) is 37.8 Å². The molecule has 0 N–H and O–H groups in total. The first kappa shape index (κ1) is 19.7. The van der Waals surface area contributed by atoms with Gasteiger partial charge in [0.15, 0.2) is 5.16 Å². The number of hydrogen-bond donors (Lipinski definition) is 0. The number of hydrogen-bond acceptors (Lipinski definition) is 5. The zero-order valence-electron chi connectivity index (χ0n) is 16.8. The van der Waals surface area contributed by atoms with E-state index in [1.54, 1.807) is 23.1 Å². The fraction of sp³-hybridized carbons (Fsp3) is 0.455. The van der Waals surface area contributed by atoms with Crippen LogP contribution in [0.25, 0.3) is 10.2 Å². The maximum Gasteiger partial charge on any atom is 0.263 e. The van der Waals surface area contributed by atoms with Crippen molar-refractivity contribution in [3.8, 4) is 0 Å². The van der Waals surface area contributed by atoms with Gasteiger partial charge in [-0.3, -0.25) is 9.36 Å². The van der Waals surface area contributed by atoms with Gasteiger partial charge in [-0.05, 0) is 17.0 Å². The van der Waals surface area contributed by atoms with Crippen molar-refractivity contribution < 1.29 is 4.74 Å². The molecule has 4 nitrogen and oxygen atoms in total. The maximum atomic E-state index is 13.6. The fourth-order valence-electron chi connectivity index (χ4n) is 3.58. The Balaban J connectivity index is 1.87. The predicted octanol–water partition coefficient (Wildman–Crippen LogP) is 5.10. The smallest absolute Gasteiger partial charge is 0.263 e. The van der Waals surface area contributed by atoms with Gasteiger partial charge in [0.1, 0.15) is 4.83 Å². The van der Waals surface area contributed by atoms with Crippen molar-refractivity contribution in [3.05, 3.63) is 56.7 Å². The fourth-order valence-corrected chi connectivity index (χ4v) is 5.59. The molecule has 1 atom stereocenters. The van der Waals surface area contributed by atoms with E-state index in [0.29, 0.717) is 24.3 Å². The molecule has 148 valence electrons. The summed E-state index contributed by atoms with van der Waals surface area (Å²) in [5, 5.41) is 1.96. The Bertz CT molecular complexity index is 1040. The molecule has 0 unspecified atom stereocenters. The first-order valence-electron chi connectivity index (χ1n) is 9.81. The third kappa shape index (κ3) is 3.78. The molecule has 0 radical (unpaired) electrons. The topological polar surface area (TPSA) is 44.1 Å². The summed E-state index contributed by atoms with van der Waals surface area (Å²) in [4.78, 5) is 20.6. The highest BCUT2D eigenvalue weighted by Crippen LogP contribution is 2.36. The Kier molecular flexibility index (Phi) is 5.63. The summed E-state index contributed by atoms with van der Waals surface area (Å²) >= 11 is 3.27. The number of thioether (sulfide) groups is 1. The Morgan fingerprint density at radius 1 is 1.25 bits per heavy atom. The maximum absolute atomic E-state index is 13.6. The molecule has 0 spiro atoms. The van der Waals surface area contributed by atoms with Crippen LogP contribution < -0.4 is 5.56 Å². The minimum Gasteiger partial charge on any atom is -0.372 e. The molecule has 1 aliphatic rings. The number of rotatable bonds is 5. The van der Waals surface area contributed by atoms with Crippen LogP contribution >= 0.6 is 23.1 Å². The lowest BCUT2D eigenvalue weighted by atomic mass is 9.96. The van der Waals surface area contributed by atoms with E-state index in [1.165, 1.54) is 0 Å². The minimum absolute atomic E-state index is 0.0823. The van der Waals surface area contributed by atoms with Crippen molar-refractivity contribution in [1.82, 2.24) is 9.55 Å². The van der Waals surface area contributed by atoms with Crippen LogP contribution in [0.5, 0.6) is 0 Å². The van der Waals surface area contributed by atoms with Crippen molar-refractivity contribution >= 4 is 33.3 Å². The van der Waals surface area contributed by atoms with Crippen molar-refractivity contribution in [2.24, 2.45) is 5.92 Å². The Labute approximate surface area is 174 Å². The molecule has 3 heterocycles. The van der Waals surface area contributed by atoms with Crippen LogP contribution in [0.1, 0.15) is 43.7 Å². The molecule has 0 saturated heterocycles. The molecule has 3 aromatic rings. The second kappa shape index (κ2) is 8.01. The summed E-state index contributed by atoms with van der Waals surface area (Å²) in [5.41, 5.74) is 2.35. The zero-order valence-corrected chi connectivity index (χ0v) is 18.4. The van der Waals surface area contributed by atoms with Crippen LogP contribution in [-0.2, 0) is 24.3 Å². The molecule has 0 saturated carbocycles. The molecule has 4 rings (SSSR count). The van der Waals surface area contributed by atoms with Crippen LogP contribution in [0, 0.1) is 5.92 Å². The van der Waals surface area contributed by atoms with Gasteiger partial charge >= 0.3 is 0 Å². The monoisotopic (exact) mass is 414 g/mol. The van der Waals surface area contributed by atoms with Crippen molar-refractivity contribution in [2.75, 3.05) is 0 Å². The lowest BCUT2D eigenvalue weighted by Crippen LogP contribution is -2.29. The van der Waals surface area contributed by atoms with Gasteiger partial charge in [0.2, 0.25) is 0 Å². The van der Waals surface area contributed by atoms with Gasteiger partial charge in [-0.1, -0.05) is 69.8 Å². The van der Waals surface area contributed by atoms with Gasteiger partial charge in [0.05, 0.1) is 24.6 Å². The first-order chi connectivity index (χ1) is 13.4. The molecular weight excluding hydrogens is 388 g/mol. The third-order valence-corrected chi connectivity index (χ3v) is 7.15. The summed E-state index contributed by atoms with van der Waals surface area (Å²) in [6.45, 7) is 9.75. The lowest BCUT2D eigenvalue weighted by molar-refractivity contribution is 0.00200. The molecule has 28 heavy (non-hydrogen) atoms. The summed E-state index contributed by atoms with van der Waals surface area (Å²) in [5.74, 6) is 0.429. The van der Waals surface area contributed by atoms with E-state index in [9.17, 15) is 4.79 Å². The predicted molar refractivity (Wildman–Crippen MR) is 118 cm³/mol. The first-order valence-corrected chi connectivity index (χ1v) is 11.5. The molecule has 0 bridgehead atoms. The Hall–Kier alpha value is -1.63. The van der Waals surface area contributed by atoms with E-state index < -0.39 is 0 Å². The van der Waals surface area contributed by atoms with Crippen molar-refractivity contribution in [3.63, 3.8) is 0 Å². The van der Waals surface area contributed by atoms with E-state index in [4.69, 9.17) is 9.72 Å². The summed E-state index contributed by atoms with van der Waals surface area (Å²) in [6.07, 6.45) is 0.961. The van der Waals surface area contributed by atoms with Crippen molar-refractivity contribution in [1.29, 1.82) is 0 Å². The molecule has 6 heteroatoms. The molecule has 2 aromatic heterocycles. The number of aromatic nitrogens is 2. The number of ether oxygens (including phenoxy) is 1. The standard InChI is InChI=1S/C22H26N2O2S2/c1-13(2)17-10-16-18(12-26-17)28-20-19(16)21(25)24(22(23-20)27-14(3)4)11-15-8-6-5-7-9-15/h5-9,13-14,17H,10-12H2,1-4H3/t17-/m0/s1. The zero-order chi connectivity index (χ0) is 19.8. The quantitative estimate of drug-likeness (QED) is 0.430. The van der Waals surface area contributed by atoms with E-state index in [1.807, 2.05) is 22.8 Å². The summed E-state index contributed by atoms with van der Waals surface area (Å²) < 4.78 is 7.88. The number of nitrogens with zero attached hydrogens (tertiary/aromatic N) is 2. The lowest BCUT2D eigenvalue weighted by Gasteiger charge is -2.26. The van der Waals surface area contributed by atoms with Crippen LogP contribution in [0.3, 0.4) is 0 Å². The van der Waals surface area contributed by atoms with Gasteiger partial charge < -0.3 is 4.74 Å². The van der Waals surface area contributed by atoms with Crippen molar-refractivity contribution in [2.45, 2.75) is 63.8 Å². The molecule has 1 aliphatic heterocycles. The SMILES string of the molecule is CC(C)Sc1nc2sc3c(c2c(=O)n1Cc1ccccc1)C[C@@H](C(C)C)OC3. The van der Waals surface area contributed by atoms with Gasteiger partial charge in [-0.25, -0.2) is 4.98 Å². The minimum atomic E-state index is 0.0823. The van der Waals surface area contributed by atoms with Gasteiger partial charge in [0, 0.05) is 16.5 Å². The highest BCUT2D eigenvalue weighted by molar-refractivity contribution is 7.99. The largest absolute Gasteiger partial charge is 0.372 e. The number of benzene rings is 1. The van der Waals surface area contributed by atoms with E-state index in [-0.39, 0.29) is 11.7 Å². The van der Waals surface area contributed by atoms with Crippen LogP contribution in [0.2, 0.25) is 0 Å². The molecular formula is C22H26N2O2S2.